The third kappa shape index (κ3) is 4.35. The minimum atomic E-state index is -0.303. The van der Waals surface area contributed by atoms with Crippen LogP contribution in [0.1, 0.15) is 31.1 Å². The molecule has 5 rings (SSSR count). The van der Waals surface area contributed by atoms with Crippen LogP contribution in [-0.4, -0.2) is 56.8 Å². The number of aromatic amines is 1. The number of rotatable bonds is 6. The third-order valence-corrected chi connectivity index (χ3v) is 6.70. The van der Waals surface area contributed by atoms with Gasteiger partial charge in [-0.1, -0.05) is 42.0 Å². The van der Waals surface area contributed by atoms with Crippen molar-refractivity contribution in [3.63, 3.8) is 0 Å². The van der Waals surface area contributed by atoms with Gasteiger partial charge >= 0.3 is 6.09 Å². The molecule has 2 aliphatic rings. The Morgan fingerprint density at radius 1 is 1.35 bits per heavy atom. The van der Waals surface area contributed by atoms with Crippen LogP contribution in [0.3, 0.4) is 0 Å². The molecule has 0 radical (unpaired) electrons. The number of carbonyl (C=O) groups is 1. The van der Waals surface area contributed by atoms with Crippen molar-refractivity contribution in [3.8, 4) is 0 Å². The van der Waals surface area contributed by atoms with E-state index in [4.69, 9.17) is 21.1 Å². The van der Waals surface area contributed by atoms with E-state index in [0.717, 1.165) is 28.6 Å². The van der Waals surface area contributed by atoms with Gasteiger partial charge in [0, 0.05) is 40.3 Å². The van der Waals surface area contributed by atoms with Crippen molar-refractivity contribution in [1.82, 2.24) is 24.9 Å². The average molecular weight is 482 g/mol. The van der Waals surface area contributed by atoms with Crippen molar-refractivity contribution in [1.29, 1.82) is 0 Å². The van der Waals surface area contributed by atoms with Crippen LogP contribution in [-0.2, 0) is 22.4 Å². The van der Waals surface area contributed by atoms with Gasteiger partial charge in [-0.15, -0.1) is 5.10 Å². The maximum atomic E-state index is 12.9. The van der Waals surface area contributed by atoms with Gasteiger partial charge < -0.3 is 14.5 Å². The number of halogens is 1. The summed E-state index contributed by atoms with van der Waals surface area (Å²) >= 11 is 6.29. The van der Waals surface area contributed by atoms with Gasteiger partial charge in [0.25, 0.3) is 0 Å². The van der Waals surface area contributed by atoms with Crippen LogP contribution in [0.4, 0.5) is 4.79 Å². The fourth-order valence-electron chi connectivity index (χ4n) is 4.87. The molecule has 2 aromatic heterocycles. The zero-order valence-electron chi connectivity index (χ0n) is 19.3. The standard InChI is InChI=1S/C25H28ClN5O3/c1-3-33-25(32)31-10-8-19-20-15-18(26)5-6-21(20)28-23(19)24(31)17-4-7-22(16(2)14-17)34-13-12-30-11-9-27-29-30/h4-7,9,11,14-16,22,24,28H,3,8,10,12-13H2,1-2H3. The summed E-state index contributed by atoms with van der Waals surface area (Å²) in [4.78, 5) is 18.3. The van der Waals surface area contributed by atoms with Gasteiger partial charge in [-0.2, -0.15) is 0 Å². The van der Waals surface area contributed by atoms with E-state index in [1.54, 1.807) is 10.9 Å². The predicted octanol–water partition coefficient (Wildman–Crippen LogP) is 4.69. The average Bonchev–Trinajstić information content (AvgIpc) is 3.47. The molecule has 1 aliphatic heterocycles. The molecule has 0 bridgehead atoms. The highest BCUT2D eigenvalue weighted by molar-refractivity contribution is 6.31. The van der Waals surface area contributed by atoms with Crippen molar-refractivity contribution in [2.45, 2.75) is 39.0 Å². The smallest absolute Gasteiger partial charge is 0.410 e. The first-order chi connectivity index (χ1) is 16.5. The van der Waals surface area contributed by atoms with E-state index in [1.807, 2.05) is 36.2 Å². The van der Waals surface area contributed by atoms with Crippen LogP contribution in [0.5, 0.6) is 0 Å². The number of benzene rings is 1. The Balaban J connectivity index is 1.42. The Morgan fingerprint density at radius 2 is 2.24 bits per heavy atom. The number of H-pyrrole nitrogens is 1. The maximum Gasteiger partial charge on any atom is 0.410 e. The molecule has 3 atom stereocenters. The zero-order valence-corrected chi connectivity index (χ0v) is 20.0. The molecule has 3 heterocycles. The molecule has 3 aromatic rings. The number of aromatic nitrogens is 4. The van der Waals surface area contributed by atoms with Gasteiger partial charge in [-0.25, -0.2) is 4.79 Å². The third-order valence-electron chi connectivity index (χ3n) is 6.46. The van der Waals surface area contributed by atoms with Crippen molar-refractivity contribution in [2.75, 3.05) is 19.8 Å². The molecule has 1 aromatic carbocycles. The predicted molar refractivity (Wildman–Crippen MR) is 130 cm³/mol. The van der Waals surface area contributed by atoms with E-state index in [2.05, 4.69) is 40.4 Å². The van der Waals surface area contributed by atoms with E-state index in [1.165, 1.54) is 5.56 Å². The Hall–Kier alpha value is -3.10. The maximum absolute atomic E-state index is 12.9. The number of hydrogen-bond donors (Lipinski definition) is 1. The van der Waals surface area contributed by atoms with Crippen molar-refractivity contribution in [2.24, 2.45) is 5.92 Å². The quantitative estimate of drug-likeness (QED) is 0.552. The number of nitrogens with zero attached hydrogens (tertiary/aromatic N) is 4. The molecule has 1 aliphatic carbocycles. The minimum Gasteiger partial charge on any atom is -0.450 e. The second-order valence-electron chi connectivity index (χ2n) is 8.64. The largest absolute Gasteiger partial charge is 0.450 e. The van der Waals surface area contributed by atoms with Crippen LogP contribution in [0, 0.1) is 5.92 Å². The SMILES string of the molecule is CCOC(=O)N1CCc2c([nH]c3ccc(Cl)cc23)C1C1=CC(C)C(OCCn2ccnn2)C=C1. The molecular weight excluding hydrogens is 454 g/mol. The minimum absolute atomic E-state index is 0.0482. The number of nitrogens with one attached hydrogen (secondary N) is 1. The molecule has 34 heavy (non-hydrogen) atoms. The molecule has 0 saturated heterocycles. The summed E-state index contributed by atoms with van der Waals surface area (Å²) in [6, 6.07) is 5.61. The van der Waals surface area contributed by atoms with Crippen molar-refractivity contribution >= 4 is 28.6 Å². The van der Waals surface area contributed by atoms with Gasteiger partial charge in [0.05, 0.1) is 32.1 Å². The molecule has 1 N–H and O–H groups in total. The van der Waals surface area contributed by atoms with Gasteiger partial charge in [0.15, 0.2) is 0 Å². The summed E-state index contributed by atoms with van der Waals surface area (Å²) in [5, 5.41) is 9.60. The molecule has 3 unspecified atom stereocenters. The first-order valence-electron chi connectivity index (χ1n) is 11.6. The molecule has 8 nitrogen and oxygen atoms in total. The molecule has 1 amide bonds. The van der Waals surface area contributed by atoms with E-state index in [-0.39, 0.29) is 24.2 Å². The molecular formula is C25H28ClN5O3. The first-order valence-corrected chi connectivity index (χ1v) is 12.0. The van der Waals surface area contributed by atoms with Crippen LogP contribution in [0.25, 0.3) is 10.9 Å². The Morgan fingerprint density at radius 3 is 3.00 bits per heavy atom. The molecule has 0 saturated carbocycles. The van der Waals surface area contributed by atoms with Gasteiger partial charge in [0.1, 0.15) is 6.04 Å². The van der Waals surface area contributed by atoms with Crippen molar-refractivity contribution < 1.29 is 14.3 Å². The Kier molecular flexibility index (Phi) is 6.43. The number of ether oxygens (including phenoxy) is 2. The number of carbonyl (C=O) groups excluding carboxylic acids is 1. The van der Waals surface area contributed by atoms with Crippen LogP contribution >= 0.6 is 11.6 Å². The molecule has 0 fully saturated rings. The van der Waals surface area contributed by atoms with E-state index < -0.39 is 0 Å². The van der Waals surface area contributed by atoms with Crippen LogP contribution < -0.4 is 0 Å². The fourth-order valence-corrected chi connectivity index (χ4v) is 5.04. The lowest BCUT2D eigenvalue weighted by atomic mass is 9.86. The summed E-state index contributed by atoms with van der Waals surface area (Å²) in [6.45, 7) is 6.06. The lowest BCUT2D eigenvalue weighted by Gasteiger charge is -2.37. The fraction of sp³-hybridized carbons (Fsp3) is 0.400. The molecule has 178 valence electrons. The van der Waals surface area contributed by atoms with Gasteiger partial charge in [0.2, 0.25) is 0 Å². The van der Waals surface area contributed by atoms with Crippen LogP contribution in [0.15, 0.2) is 54.4 Å². The van der Waals surface area contributed by atoms with Crippen LogP contribution in [0.2, 0.25) is 5.02 Å². The first kappa shape index (κ1) is 22.7. The highest BCUT2D eigenvalue weighted by Gasteiger charge is 2.37. The van der Waals surface area contributed by atoms with Gasteiger partial charge in [-0.05, 0) is 42.7 Å². The molecule has 0 spiro atoms. The summed E-state index contributed by atoms with van der Waals surface area (Å²) in [7, 11) is 0. The number of hydrogen-bond acceptors (Lipinski definition) is 5. The lowest BCUT2D eigenvalue weighted by Crippen LogP contribution is -2.41. The van der Waals surface area contributed by atoms with E-state index in [0.29, 0.717) is 31.3 Å². The van der Waals surface area contributed by atoms with Gasteiger partial charge in [-0.3, -0.25) is 9.58 Å². The van der Waals surface area contributed by atoms with E-state index >= 15 is 0 Å². The second kappa shape index (κ2) is 9.64. The monoisotopic (exact) mass is 481 g/mol. The summed E-state index contributed by atoms with van der Waals surface area (Å²) in [5.41, 5.74) is 4.30. The summed E-state index contributed by atoms with van der Waals surface area (Å²) in [5.74, 6) is 0.143. The van der Waals surface area contributed by atoms with E-state index in [9.17, 15) is 4.79 Å². The Labute approximate surface area is 203 Å². The second-order valence-corrected chi connectivity index (χ2v) is 9.07. The lowest BCUT2D eigenvalue weighted by molar-refractivity contribution is 0.0533. The number of amides is 1. The normalized spacial score (nSPS) is 22.0. The Bertz CT molecular complexity index is 1230. The topological polar surface area (TPSA) is 85.3 Å². The highest BCUT2D eigenvalue weighted by Crippen LogP contribution is 2.41. The highest BCUT2D eigenvalue weighted by atomic mass is 35.5. The summed E-state index contributed by atoms with van der Waals surface area (Å²) in [6.07, 6.45) is 10.2. The number of fused-ring (bicyclic) bond motifs is 3. The zero-order chi connectivity index (χ0) is 23.7. The molecule has 9 heteroatoms. The summed E-state index contributed by atoms with van der Waals surface area (Å²) < 4.78 is 13.3. The van der Waals surface area contributed by atoms with Crippen molar-refractivity contribution in [3.05, 3.63) is 70.7 Å².